The third-order valence-corrected chi connectivity index (χ3v) is 1.73. The Kier molecular flexibility index (Phi) is 3.29. The standard InChI is InChI=1S/C7H10NO3P/c8-7-3-1-6(2-4-7)5-11-12(9)10/h1-4,12H,5,8H2,(H,9,10). The lowest BCUT2D eigenvalue weighted by atomic mass is 10.2. The number of anilines is 1. The first-order chi connectivity index (χ1) is 5.68. The fraction of sp³-hybridized carbons (Fsp3) is 0.143. The fourth-order valence-corrected chi connectivity index (χ4v) is 1.05. The average molecular weight is 187 g/mol. The molecule has 1 aromatic rings. The maximum absolute atomic E-state index is 10.2. The highest BCUT2D eigenvalue weighted by Crippen LogP contribution is 2.18. The van der Waals surface area contributed by atoms with E-state index in [4.69, 9.17) is 10.6 Å². The van der Waals surface area contributed by atoms with Gasteiger partial charge in [-0.15, -0.1) is 0 Å². The molecule has 0 bridgehead atoms. The van der Waals surface area contributed by atoms with E-state index in [1.807, 2.05) is 0 Å². The molecule has 0 heterocycles. The number of nitrogen functional groups attached to an aromatic ring is 1. The third-order valence-electron chi connectivity index (χ3n) is 1.34. The highest BCUT2D eigenvalue weighted by Gasteiger charge is 1.94. The molecule has 0 saturated carbocycles. The Morgan fingerprint density at radius 1 is 1.42 bits per heavy atom. The van der Waals surface area contributed by atoms with Crippen molar-refractivity contribution < 1.29 is 14.0 Å². The summed E-state index contributed by atoms with van der Waals surface area (Å²) in [4.78, 5) is 8.37. The Morgan fingerprint density at radius 3 is 2.50 bits per heavy atom. The molecule has 1 rings (SSSR count). The van der Waals surface area contributed by atoms with Crippen LogP contribution >= 0.6 is 8.25 Å². The van der Waals surface area contributed by atoms with Crippen LogP contribution in [-0.2, 0) is 15.7 Å². The van der Waals surface area contributed by atoms with E-state index < -0.39 is 8.25 Å². The highest BCUT2D eigenvalue weighted by atomic mass is 31.1. The quantitative estimate of drug-likeness (QED) is 0.550. The summed E-state index contributed by atoms with van der Waals surface area (Å²) in [7, 11) is -2.82. The molecule has 0 fully saturated rings. The lowest BCUT2D eigenvalue weighted by Gasteiger charge is -2.00. The highest BCUT2D eigenvalue weighted by molar-refractivity contribution is 7.32. The molecule has 0 saturated heterocycles. The van der Waals surface area contributed by atoms with Crippen LogP contribution in [0.5, 0.6) is 0 Å². The predicted molar refractivity (Wildman–Crippen MR) is 46.9 cm³/mol. The number of hydrogen-bond acceptors (Lipinski definition) is 3. The zero-order valence-electron chi connectivity index (χ0n) is 6.36. The van der Waals surface area contributed by atoms with E-state index >= 15 is 0 Å². The molecule has 4 nitrogen and oxygen atoms in total. The van der Waals surface area contributed by atoms with E-state index in [9.17, 15) is 4.57 Å². The largest absolute Gasteiger partial charge is 0.399 e. The number of hydrogen-bond donors (Lipinski definition) is 2. The molecule has 1 aromatic carbocycles. The second-order valence-corrected chi connectivity index (χ2v) is 3.12. The lowest BCUT2D eigenvalue weighted by Crippen LogP contribution is -1.87. The van der Waals surface area contributed by atoms with Crippen molar-refractivity contribution in [2.75, 3.05) is 5.73 Å². The molecule has 0 aliphatic carbocycles. The average Bonchev–Trinajstić information content (AvgIpc) is 2.03. The van der Waals surface area contributed by atoms with Crippen LogP contribution < -0.4 is 5.73 Å². The van der Waals surface area contributed by atoms with Crippen LogP contribution in [0.1, 0.15) is 5.56 Å². The summed E-state index contributed by atoms with van der Waals surface area (Å²) in [6, 6.07) is 6.93. The maximum Gasteiger partial charge on any atom is 0.316 e. The first-order valence-corrected chi connectivity index (χ1v) is 4.65. The van der Waals surface area contributed by atoms with Crippen molar-refractivity contribution in [3.8, 4) is 0 Å². The van der Waals surface area contributed by atoms with Crippen molar-refractivity contribution in [1.82, 2.24) is 0 Å². The van der Waals surface area contributed by atoms with Crippen molar-refractivity contribution in [2.24, 2.45) is 0 Å². The molecule has 0 radical (unpaired) electrons. The van der Waals surface area contributed by atoms with Crippen LogP contribution in [0, 0.1) is 0 Å². The first kappa shape index (κ1) is 9.26. The van der Waals surface area contributed by atoms with Gasteiger partial charge in [-0.2, -0.15) is 0 Å². The van der Waals surface area contributed by atoms with Crippen LogP contribution in [0.3, 0.4) is 0 Å². The van der Waals surface area contributed by atoms with Gasteiger partial charge in [-0.3, -0.25) is 4.57 Å². The number of benzene rings is 1. The van der Waals surface area contributed by atoms with Crippen molar-refractivity contribution in [1.29, 1.82) is 0 Å². The van der Waals surface area contributed by atoms with Gasteiger partial charge in [0.15, 0.2) is 0 Å². The minimum Gasteiger partial charge on any atom is -0.399 e. The Bertz CT molecular complexity index is 272. The minimum atomic E-state index is -2.82. The number of nitrogens with two attached hydrogens (primary N) is 1. The van der Waals surface area contributed by atoms with Gasteiger partial charge in [0, 0.05) is 5.69 Å². The molecule has 1 atom stereocenters. The minimum absolute atomic E-state index is 0.147. The van der Waals surface area contributed by atoms with Crippen LogP contribution in [0.15, 0.2) is 24.3 Å². The molecule has 66 valence electrons. The first-order valence-electron chi connectivity index (χ1n) is 3.38. The zero-order chi connectivity index (χ0) is 8.97. The van der Waals surface area contributed by atoms with E-state index in [0.29, 0.717) is 5.69 Å². The van der Waals surface area contributed by atoms with Crippen LogP contribution in [0.2, 0.25) is 0 Å². The van der Waals surface area contributed by atoms with Crippen LogP contribution in [-0.4, -0.2) is 4.89 Å². The van der Waals surface area contributed by atoms with Gasteiger partial charge in [0.05, 0.1) is 6.61 Å². The summed E-state index contributed by atoms with van der Waals surface area (Å²) >= 11 is 0. The topological polar surface area (TPSA) is 72.5 Å². The Hall–Kier alpha value is -0.830. The zero-order valence-corrected chi connectivity index (χ0v) is 7.36. The van der Waals surface area contributed by atoms with Gasteiger partial charge < -0.3 is 15.2 Å². The molecule has 0 aliphatic heterocycles. The predicted octanol–water partition coefficient (Wildman–Crippen LogP) is 1.17. The summed E-state index contributed by atoms with van der Waals surface area (Å²) in [6.07, 6.45) is 0. The summed E-state index contributed by atoms with van der Waals surface area (Å²) in [5.74, 6) is 0. The molecule has 5 heteroatoms. The Morgan fingerprint density at radius 2 is 2.00 bits per heavy atom. The Labute approximate surface area is 70.9 Å². The Balaban J connectivity index is 2.53. The molecule has 12 heavy (non-hydrogen) atoms. The van der Waals surface area contributed by atoms with E-state index in [0.717, 1.165) is 5.56 Å². The SMILES string of the molecule is Nc1ccc(CO[PH](=O)O)cc1. The van der Waals surface area contributed by atoms with E-state index in [2.05, 4.69) is 4.52 Å². The van der Waals surface area contributed by atoms with Gasteiger partial charge in [0.25, 0.3) is 0 Å². The van der Waals surface area contributed by atoms with Crippen molar-refractivity contribution in [3.63, 3.8) is 0 Å². The van der Waals surface area contributed by atoms with Gasteiger partial charge >= 0.3 is 8.25 Å². The lowest BCUT2D eigenvalue weighted by molar-refractivity contribution is 0.272. The molecular weight excluding hydrogens is 177 g/mol. The molecule has 0 aromatic heterocycles. The molecule has 0 amide bonds. The summed E-state index contributed by atoms with van der Waals surface area (Å²) in [5, 5.41) is 0. The molecule has 0 aliphatic rings. The van der Waals surface area contributed by atoms with Crippen molar-refractivity contribution in [2.45, 2.75) is 6.61 Å². The second-order valence-electron chi connectivity index (χ2n) is 2.30. The monoisotopic (exact) mass is 187 g/mol. The molecule has 0 spiro atoms. The van der Waals surface area contributed by atoms with Crippen LogP contribution in [0.4, 0.5) is 5.69 Å². The second kappa shape index (κ2) is 4.26. The van der Waals surface area contributed by atoms with E-state index in [1.54, 1.807) is 24.3 Å². The third kappa shape index (κ3) is 3.05. The van der Waals surface area contributed by atoms with Gasteiger partial charge in [-0.05, 0) is 17.7 Å². The number of rotatable bonds is 3. The van der Waals surface area contributed by atoms with Gasteiger partial charge in [-0.25, -0.2) is 0 Å². The fourth-order valence-electron chi connectivity index (χ4n) is 0.759. The molecule has 3 N–H and O–H groups in total. The molecule has 1 unspecified atom stereocenters. The van der Waals surface area contributed by atoms with Crippen molar-refractivity contribution >= 4 is 13.9 Å². The van der Waals surface area contributed by atoms with Gasteiger partial charge in [0.1, 0.15) is 0 Å². The van der Waals surface area contributed by atoms with Crippen LogP contribution in [0.25, 0.3) is 0 Å². The molecular formula is C7H10NO3P. The van der Waals surface area contributed by atoms with E-state index in [1.165, 1.54) is 0 Å². The van der Waals surface area contributed by atoms with E-state index in [-0.39, 0.29) is 6.61 Å². The normalized spacial score (nSPS) is 12.8. The smallest absolute Gasteiger partial charge is 0.316 e. The maximum atomic E-state index is 10.2. The van der Waals surface area contributed by atoms with Gasteiger partial charge in [0.2, 0.25) is 0 Å². The summed E-state index contributed by atoms with van der Waals surface area (Å²) < 4.78 is 14.7. The summed E-state index contributed by atoms with van der Waals surface area (Å²) in [6.45, 7) is 0.147. The van der Waals surface area contributed by atoms with Crippen molar-refractivity contribution in [3.05, 3.63) is 29.8 Å². The summed E-state index contributed by atoms with van der Waals surface area (Å²) in [5.41, 5.74) is 6.93. The van der Waals surface area contributed by atoms with Gasteiger partial charge in [-0.1, -0.05) is 12.1 Å².